The van der Waals surface area contributed by atoms with Crippen LogP contribution >= 0.6 is 23.2 Å². The summed E-state index contributed by atoms with van der Waals surface area (Å²) in [6, 6.07) is 2.70. The number of piperidine rings is 1. The summed E-state index contributed by atoms with van der Waals surface area (Å²) in [5.74, 6) is 1.36. The van der Waals surface area contributed by atoms with E-state index in [1.54, 1.807) is 6.33 Å². The van der Waals surface area contributed by atoms with E-state index in [1.165, 1.54) is 12.1 Å². The van der Waals surface area contributed by atoms with E-state index < -0.39 is 4.92 Å². The molecule has 1 aliphatic rings. The lowest BCUT2D eigenvalue weighted by Gasteiger charge is -2.34. The summed E-state index contributed by atoms with van der Waals surface area (Å²) in [5, 5.41) is 19.7. The van der Waals surface area contributed by atoms with Crippen LogP contribution in [0.5, 0.6) is 0 Å². The van der Waals surface area contributed by atoms with Crippen LogP contribution in [0.15, 0.2) is 18.5 Å². The molecule has 0 atom stereocenters. The van der Waals surface area contributed by atoms with Crippen LogP contribution in [0.1, 0.15) is 31.5 Å². The molecule has 0 amide bonds. The molecule has 1 fully saturated rings. The maximum Gasteiger partial charge on any atom is 0.272 e. The number of aromatic nitrogens is 3. The number of halogens is 2. The molecule has 128 valence electrons. The number of aryl methyl sites for hydroxylation is 1. The van der Waals surface area contributed by atoms with Gasteiger partial charge in [-0.05, 0) is 19.8 Å². The van der Waals surface area contributed by atoms with Gasteiger partial charge >= 0.3 is 0 Å². The molecule has 1 aromatic carbocycles. The van der Waals surface area contributed by atoms with Gasteiger partial charge in [0.05, 0.1) is 20.7 Å². The second-order valence-electron chi connectivity index (χ2n) is 5.75. The summed E-state index contributed by atoms with van der Waals surface area (Å²) < 4.78 is 2.06. The Labute approximate surface area is 149 Å². The van der Waals surface area contributed by atoms with E-state index in [9.17, 15) is 10.1 Å². The van der Waals surface area contributed by atoms with E-state index in [4.69, 9.17) is 23.2 Å². The van der Waals surface area contributed by atoms with E-state index in [1.807, 2.05) is 0 Å². The van der Waals surface area contributed by atoms with Gasteiger partial charge in [-0.3, -0.25) is 10.1 Å². The van der Waals surface area contributed by atoms with E-state index in [0.29, 0.717) is 21.7 Å². The highest BCUT2D eigenvalue weighted by atomic mass is 35.5. The molecule has 2 heterocycles. The summed E-state index contributed by atoms with van der Waals surface area (Å²) in [5.41, 5.74) is 0.569. The lowest BCUT2D eigenvalue weighted by atomic mass is 9.95. The fourth-order valence-corrected chi connectivity index (χ4v) is 3.86. The van der Waals surface area contributed by atoms with E-state index in [0.717, 1.165) is 38.3 Å². The summed E-state index contributed by atoms with van der Waals surface area (Å²) in [7, 11) is 0. The Bertz CT molecular complexity index is 733. The first-order valence-electron chi connectivity index (χ1n) is 7.77. The van der Waals surface area contributed by atoms with Crippen LogP contribution in [-0.4, -0.2) is 32.8 Å². The van der Waals surface area contributed by atoms with Crippen LogP contribution in [0.2, 0.25) is 10.0 Å². The Kier molecular flexibility index (Phi) is 4.91. The van der Waals surface area contributed by atoms with Crippen LogP contribution in [-0.2, 0) is 6.54 Å². The van der Waals surface area contributed by atoms with Crippen molar-refractivity contribution < 1.29 is 4.92 Å². The van der Waals surface area contributed by atoms with Gasteiger partial charge in [0.2, 0.25) is 0 Å². The maximum absolute atomic E-state index is 10.9. The molecule has 1 aromatic heterocycles. The normalized spacial score (nSPS) is 15.7. The average Bonchev–Trinajstić information content (AvgIpc) is 3.03. The molecule has 0 saturated carbocycles. The molecule has 1 saturated heterocycles. The standard InChI is InChI=1S/C15H17Cl2N5O2/c1-2-20-9-18-19-15(20)10-3-5-21(6-4-10)14-12(16)7-11(22(23)24)8-13(14)17/h7-10H,2-6H2,1H3. The first-order chi connectivity index (χ1) is 11.5. The molecule has 0 radical (unpaired) electrons. The lowest BCUT2D eigenvalue weighted by Crippen LogP contribution is -2.34. The zero-order valence-electron chi connectivity index (χ0n) is 13.2. The van der Waals surface area contributed by atoms with Gasteiger partial charge in [0.1, 0.15) is 12.2 Å². The first-order valence-corrected chi connectivity index (χ1v) is 8.53. The number of anilines is 1. The molecule has 3 rings (SSSR count). The molecule has 0 N–H and O–H groups in total. The number of non-ortho nitro benzene ring substituents is 1. The van der Waals surface area contributed by atoms with E-state index >= 15 is 0 Å². The second kappa shape index (κ2) is 6.94. The lowest BCUT2D eigenvalue weighted by molar-refractivity contribution is -0.384. The fraction of sp³-hybridized carbons (Fsp3) is 0.467. The van der Waals surface area contributed by atoms with Gasteiger partial charge in [0, 0.05) is 37.7 Å². The predicted octanol–water partition coefficient (Wildman–Crippen LogP) is 3.90. The van der Waals surface area contributed by atoms with Gasteiger partial charge in [-0.25, -0.2) is 0 Å². The highest BCUT2D eigenvalue weighted by molar-refractivity contribution is 6.39. The molecule has 2 aromatic rings. The monoisotopic (exact) mass is 369 g/mol. The molecule has 1 aliphatic heterocycles. The van der Waals surface area contributed by atoms with Crippen molar-refractivity contribution in [1.82, 2.24) is 14.8 Å². The highest BCUT2D eigenvalue weighted by Crippen LogP contribution is 2.40. The zero-order chi connectivity index (χ0) is 17.3. The minimum atomic E-state index is -0.495. The molecule has 7 nitrogen and oxygen atoms in total. The van der Waals surface area contributed by atoms with Crippen molar-refractivity contribution in [1.29, 1.82) is 0 Å². The summed E-state index contributed by atoms with van der Waals surface area (Å²) >= 11 is 12.5. The summed E-state index contributed by atoms with van der Waals surface area (Å²) in [6.45, 7) is 4.44. The van der Waals surface area contributed by atoms with Crippen molar-refractivity contribution in [3.8, 4) is 0 Å². The van der Waals surface area contributed by atoms with Crippen molar-refractivity contribution in [3.63, 3.8) is 0 Å². The number of rotatable bonds is 4. The van der Waals surface area contributed by atoms with Crippen LogP contribution < -0.4 is 4.90 Å². The largest absolute Gasteiger partial charge is 0.369 e. The quantitative estimate of drug-likeness (QED) is 0.603. The minimum Gasteiger partial charge on any atom is -0.369 e. The fourth-order valence-electron chi connectivity index (χ4n) is 3.14. The van der Waals surface area contributed by atoms with E-state index in [-0.39, 0.29) is 5.69 Å². The minimum absolute atomic E-state index is 0.0975. The molecule has 0 aliphatic carbocycles. The molecule has 0 bridgehead atoms. The Hall–Kier alpha value is -1.86. The number of hydrogen-bond donors (Lipinski definition) is 0. The number of hydrogen-bond acceptors (Lipinski definition) is 5. The van der Waals surface area contributed by atoms with Crippen molar-refractivity contribution in [3.05, 3.63) is 44.4 Å². The van der Waals surface area contributed by atoms with Crippen LogP contribution in [0.25, 0.3) is 0 Å². The first kappa shape index (κ1) is 17.0. The number of benzene rings is 1. The summed E-state index contributed by atoms with van der Waals surface area (Å²) in [4.78, 5) is 12.5. The molecule has 24 heavy (non-hydrogen) atoms. The van der Waals surface area contributed by atoms with Gasteiger partial charge in [0.15, 0.2) is 0 Å². The smallest absolute Gasteiger partial charge is 0.272 e. The van der Waals surface area contributed by atoms with Crippen molar-refractivity contribution in [2.45, 2.75) is 32.2 Å². The highest BCUT2D eigenvalue weighted by Gasteiger charge is 2.27. The summed E-state index contributed by atoms with van der Waals surface area (Å²) in [6.07, 6.45) is 3.57. The molecule has 0 unspecified atom stereocenters. The second-order valence-corrected chi connectivity index (χ2v) is 6.57. The predicted molar refractivity (Wildman–Crippen MR) is 93.0 cm³/mol. The number of nitro groups is 1. The SMILES string of the molecule is CCn1cnnc1C1CCN(c2c(Cl)cc([N+](=O)[O-])cc2Cl)CC1. The zero-order valence-corrected chi connectivity index (χ0v) is 14.7. The Morgan fingerprint density at radius 3 is 2.46 bits per heavy atom. The van der Waals surface area contributed by atoms with Crippen molar-refractivity contribution >= 4 is 34.6 Å². The van der Waals surface area contributed by atoms with Gasteiger partial charge in [0.25, 0.3) is 5.69 Å². The molecule has 9 heteroatoms. The Balaban J connectivity index is 1.77. The van der Waals surface area contributed by atoms with Gasteiger partial charge < -0.3 is 9.47 Å². The number of nitro benzene ring substituents is 1. The van der Waals surface area contributed by atoms with Gasteiger partial charge in [-0.1, -0.05) is 23.2 Å². The van der Waals surface area contributed by atoms with Crippen LogP contribution in [0.4, 0.5) is 11.4 Å². The van der Waals surface area contributed by atoms with E-state index in [2.05, 4.69) is 26.6 Å². The maximum atomic E-state index is 10.9. The average molecular weight is 370 g/mol. The Morgan fingerprint density at radius 1 is 1.29 bits per heavy atom. The van der Waals surface area contributed by atoms with Crippen LogP contribution in [0, 0.1) is 10.1 Å². The van der Waals surface area contributed by atoms with Gasteiger partial charge in [-0.15, -0.1) is 10.2 Å². The third-order valence-corrected chi connectivity index (χ3v) is 4.95. The third kappa shape index (κ3) is 3.18. The van der Waals surface area contributed by atoms with Crippen molar-refractivity contribution in [2.24, 2.45) is 0 Å². The molecule has 0 spiro atoms. The number of nitrogens with zero attached hydrogens (tertiary/aromatic N) is 5. The molecular weight excluding hydrogens is 353 g/mol. The Morgan fingerprint density at radius 2 is 1.92 bits per heavy atom. The topological polar surface area (TPSA) is 77.1 Å². The molecular formula is C15H17Cl2N5O2. The van der Waals surface area contributed by atoms with Crippen LogP contribution in [0.3, 0.4) is 0 Å². The van der Waals surface area contributed by atoms with Gasteiger partial charge in [-0.2, -0.15) is 0 Å². The van der Waals surface area contributed by atoms with Crippen molar-refractivity contribution in [2.75, 3.05) is 18.0 Å². The third-order valence-electron chi connectivity index (χ3n) is 4.37.